The third kappa shape index (κ3) is 2.74. The first-order chi connectivity index (χ1) is 8.70. The molecule has 18 heavy (non-hydrogen) atoms. The van der Waals surface area contributed by atoms with E-state index in [1.165, 1.54) is 6.20 Å². The molecule has 2 aromatic rings. The van der Waals surface area contributed by atoms with Crippen molar-refractivity contribution in [2.75, 3.05) is 7.11 Å². The van der Waals surface area contributed by atoms with Gasteiger partial charge in [-0.15, -0.1) is 0 Å². The summed E-state index contributed by atoms with van der Waals surface area (Å²) in [5, 5.41) is 0. The predicted molar refractivity (Wildman–Crippen MR) is 62.9 cm³/mol. The van der Waals surface area contributed by atoms with E-state index in [1.807, 2.05) is 0 Å². The number of nitrogens with zero attached hydrogens (tertiary/aromatic N) is 1. The highest BCUT2D eigenvalue weighted by atomic mass is 19.3. The molecule has 3 nitrogen and oxygen atoms in total. The standard InChI is InChI=1S/C13H11F2NO2/c1-17-10-5-2-4-9(8-10)11-6-3-7-16-12(11)18-13(14)15/h2-8,13H,1H3. The molecule has 2 rings (SSSR count). The summed E-state index contributed by atoms with van der Waals surface area (Å²) in [7, 11) is 1.54. The lowest BCUT2D eigenvalue weighted by molar-refractivity contribution is -0.0524. The van der Waals surface area contributed by atoms with Gasteiger partial charge in [0.25, 0.3) is 0 Å². The molecule has 0 aliphatic rings. The Morgan fingerprint density at radius 2 is 2.00 bits per heavy atom. The van der Waals surface area contributed by atoms with Crippen LogP contribution in [0.15, 0.2) is 42.6 Å². The lowest BCUT2D eigenvalue weighted by atomic mass is 10.1. The summed E-state index contributed by atoms with van der Waals surface area (Å²) in [5.74, 6) is 0.542. The molecule has 0 spiro atoms. The van der Waals surface area contributed by atoms with E-state index in [4.69, 9.17) is 4.74 Å². The molecule has 0 amide bonds. The maximum atomic E-state index is 12.3. The molecule has 1 heterocycles. The number of hydrogen-bond acceptors (Lipinski definition) is 3. The summed E-state index contributed by atoms with van der Waals surface area (Å²) < 4.78 is 34.0. The summed E-state index contributed by atoms with van der Waals surface area (Å²) in [6.07, 6.45) is 1.40. The van der Waals surface area contributed by atoms with Crippen LogP contribution in [0.5, 0.6) is 11.6 Å². The summed E-state index contributed by atoms with van der Waals surface area (Å²) in [6.45, 7) is -2.90. The highest BCUT2D eigenvalue weighted by molar-refractivity contribution is 5.69. The Bertz CT molecular complexity index is 532. The third-order valence-corrected chi connectivity index (χ3v) is 2.35. The Kier molecular flexibility index (Phi) is 3.72. The molecule has 0 bridgehead atoms. The lowest BCUT2D eigenvalue weighted by Gasteiger charge is -2.10. The average Bonchev–Trinajstić information content (AvgIpc) is 2.39. The zero-order valence-electron chi connectivity index (χ0n) is 9.64. The van der Waals surface area contributed by atoms with Crippen LogP contribution >= 0.6 is 0 Å². The Morgan fingerprint density at radius 1 is 1.17 bits per heavy atom. The minimum atomic E-state index is -2.90. The van der Waals surface area contributed by atoms with E-state index in [-0.39, 0.29) is 5.88 Å². The molecule has 0 aliphatic heterocycles. The monoisotopic (exact) mass is 251 g/mol. The van der Waals surface area contributed by atoms with Gasteiger partial charge in [0.2, 0.25) is 5.88 Å². The van der Waals surface area contributed by atoms with Crippen LogP contribution in [0.1, 0.15) is 0 Å². The topological polar surface area (TPSA) is 31.4 Å². The van der Waals surface area contributed by atoms with Crippen molar-refractivity contribution in [3.8, 4) is 22.8 Å². The summed E-state index contributed by atoms with van der Waals surface area (Å²) >= 11 is 0. The van der Waals surface area contributed by atoms with Crippen molar-refractivity contribution in [2.24, 2.45) is 0 Å². The summed E-state index contributed by atoms with van der Waals surface area (Å²) in [4.78, 5) is 3.81. The van der Waals surface area contributed by atoms with Gasteiger partial charge in [-0.3, -0.25) is 0 Å². The fourth-order valence-corrected chi connectivity index (χ4v) is 1.58. The number of rotatable bonds is 4. The van der Waals surface area contributed by atoms with Gasteiger partial charge < -0.3 is 9.47 Å². The Hall–Kier alpha value is -2.17. The predicted octanol–water partition coefficient (Wildman–Crippen LogP) is 3.36. The van der Waals surface area contributed by atoms with Crippen molar-refractivity contribution >= 4 is 0 Å². The van der Waals surface area contributed by atoms with Gasteiger partial charge in [0, 0.05) is 11.8 Å². The second-order valence-electron chi connectivity index (χ2n) is 3.47. The molecule has 1 aromatic carbocycles. The first-order valence-corrected chi connectivity index (χ1v) is 5.25. The van der Waals surface area contributed by atoms with Gasteiger partial charge in [0.15, 0.2) is 0 Å². The van der Waals surface area contributed by atoms with Crippen LogP contribution in [0.3, 0.4) is 0 Å². The first kappa shape index (κ1) is 12.3. The van der Waals surface area contributed by atoms with E-state index >= 15 is 0 Å². The van der Waals surface area contributed by atoms with Gasteiger partial charge in [-0.1, -0.05) is 12.1 Å². The van der Waals surface area contributed by atoms with E-state index in [9.17, 15) is 8.78 Å². The maximum absolute atomic E-state index is 12.3. The van der Waals surface area contributed by atoms with Crippen LogP contribution < -0.4 is 9.47 Å². The lowest BCUT2D eigenvalue weighted by Crippen LogP contribution is -2.04. The van der Waals surface area contributed by atoms with Crippen molar-refractivity contribution < 1.29 is 18.3 Å². The van der Waals surface area contributed by atoms with Gasteiger partial charge in [-0.2, -0.15) is 8.78 Å². The first-order valence-electron chi connectivity index (χ1n) is 5.25. The van der Waals surface area contributed by atoms with Crippen LogP contribution in [0.4, 0.5) is 8.78 Å². The number of benzene rings is 1. The van der Waals surface area contributed by atoms with Crippen LogP contribution in [0.2, 0.25) is 0 Å². The second kappa shape index (κ2) is 5.44. The zero-order valence-corrected chi connectivity index (χ0v) is 9.64. The molecule has 94 valence electrons. The number of pyridine rings is 1. The van der Waals surface area contributed by atoms with Crippen LogP contribution in [-0.4, -0.2) is 18.7 Å². The number of alkyl halides is 2. The highest BCUT2D eigenvalue weighted by Crippen LogP contribution is 2.30. The van der Waals surface area contributed by atoms with Crippen molar-refractivity contribution in [3.63, 3.8) is 0 Å². The molecule has 1 aromatic heterocycles. The van der Waals surface area contributed by atoms with Gasteiger partial charge in [-0.05, 0) is 29.8 Å². The molecule has 0 N–H and O–H groups in total. The molecule has 0 saturated heterocycles. The van der Waals surface area contributed by atoms with Crippen molar-refractivity contribution in [1.82, 2.24) is 4.98 Å². The molecule has 0 fully saturated rings. The Balaban J connectivity index is 2.42. The Morgan fingerprint density at radius 3 is 2.72 bits per heavy atom. The van der Waals surface area contributed by atoms with Gasteiger partial charge >= 0.3 is 6.61 Å². The summed E-state index contributed by atoms with van der Waals surface area (Å²) in [5.41, 5.74) is 1.20. The molecule has 0 aliphatic carbocycles. The Labute approximate surface area is 103 Å². The molecule has 0 saturated carbocycles. The van der Waals surface area contributed by atoms with Crippen molar-refractivity contribution in [2.45, 2.75) is 6.61 Å². The van der Waals surface area contributed by atoms with E-state index in [2.05, 4.69) is 9.72 Å². The largest absolute Gasteiger partial charge is 0.497 e. The van der Waals surface area contributed by atoms with E-state index < -0.39 is 6.61 Å². The molecule has 0 atom stereocenters. The zero-order chi connectivity index (χ0) is 13.0. The normalized spacial score (nSPS) is 10.4. The van der Waals surface area contributed by atoms with Gasteiger partial charge in [0.1, 0.15) is 5.75 Å². The van der Waals surface area contributed by atoms with Gasteiger partial charge in [-0.25, -0.2) is 4.98 Å². The molecule has 0 unspecified atom stereocenters. The number of ether oxygens (including phenoxy) is 2. The average molecular weight is 251 g/mol. The van der Waals surface area contributed by atoms with Crippen molar-refractivity contribution in [1.29, 1.82) is 0 Å². The number of halogens is 2. The van der Waals surface area contributed by atoms with E-state index in [1.54, 1.807) is 43.5 Å². The maximum Gasteiger partial charge on any atom is 0.388 e. The van der Waals surface area contributed by atoms with E-state index in [0.717, 1.165) is 0 Å². The van der Waals surface area contributed by atoms with E-state index in [0.29, 0.717) is 16.9 Å². The SMILES string of the molecule is COc1cccc(-c2cccnc2OC(F)F)c1. The second-order valence-corrected chi connectivity index (χ2v) is 3.47. The number of hydrogen-bond donors (Lipinski definition) is 0. The van der Waals surface area contributed by atoms with Crippen LogP contribution in [0.25, 0.3) is 11.1 Å². The van der Waals surface area contributed by atoms with Crippen LogP contribution in [0, 0.1) is 0 Å². The molecule has 0 radical (unpaired) electrons. The number of aromatic nitrogens is 1. The molecular weight excluding hydrogens is 240 g/mol. The van der Waals surface area contributed by atoms with Crippen molar-refractivity contribution in [3.05, 3.63) is 42.6 Å². The fourth-order valence-electron chi connectivity index (χ4n) is 1.58. The highest BCUT2D eigenvalue weighted by Gasteiger charge is 2.12. The quantitative estimate of drug-likeness (QED) is 0.835. The smallest absolute Gasteiger partial charge is 0.388 e. The molecule has 5 heteroatoms. The van der Waals surface area contributed by atoms with Crippen LogP contribution in [-0.2, 0) is 0 Å². The number of methoxy groups -OCH3 is 1. The molecular formula is C13H11F2NO2. The minimum Gasteiger partial charge on any atom is -0.497 e. The third-order valence-electron chi connectivity index (χ3n) is 2.35. The fraction of sp³-hybridized carbons (Fsp3) is 0.154. The minimum absolute atomic E-state index is 0.0965. The summed E-state index contributed by atoms with van der Waals surface area (Å²) in [6, 6.07) is 10.4. The van der Waals surface area contributed by atoms with Gasteiger partial charge in [0.05, 0.1) is 7.11 Å².